The van der Waals surface area contributed by atoms with Gasteiger partial charge in [0.05, 0.1) is 12.1 Å². The van der Waals surface area contributed by atoms with Crippen LogP contribution < -0.4 is 0 Å². The molecular formula is C15H18N4O3S. The molecule has 0 spiro atoms. The van der Waals surface area contributed by atoms with Crippen molar-refractivity contribution in [1.82, 2.24) is 18.6 Å². The van der Waals surface area contributed by atoms with Gasteiger partial charge >= 0.3 is 0 Å². The minimum atomic E-state index is -3.66. The third kappa shape index (κ3) is 2.16. The Balaban J connectivity index is 1.69. The van der Waals surface area contributed by atoms with Crippen molar-refractivity contribution in [1.29, 1.82) is 0 Å². The van der Waals surface area contributed by atoms with Gasteiger partial charge in [-0.05, 0) is 24.5 Å². The second kappa shape index (κ2) is 5.04. The Bertz CT molecular complexity index is 876. The standard InChI is InChI=1S/C15H18N4O3S/c1-17-7-5-11-9-18(10-12(11)15(17)20)23(21,22)14-8-16-13-4-2-3-6-19(13)14/h2-4,6,8,11-12H,5,7,9-10H2,1H3/t11-,12+/m1/s1. The number of rotatable bonds is 2. The molecule has 0 aliphatic carbocycles. The molecule has 1 amide bonds. The molecule has 2 atom stereocenters. The molecule has 8 heteroatoms. The molecule has 23 heavy (non-hydrogen) atoms. The van der Waals surface area contributed by atoms with Crippen molar-refractivity contribution >= 4 is 21.6 Å². The summed E-state index contributed by atoms with van der Waals surface area (Å²) in [5, 5.41) is 0.160. The summed E-state index contributed by atoms with van der Waals surface area (Å²) in [5.41, 5.74) is 0.596. The number of nitrogens with zero attached hydrogens (tertiary/aromatic N) is 4. The van der Waals surface area contributed by atoms with Crippen molar-refractivity contribution < 1.29 is 13.2 Å². The number of likely N-dealkylation sites (tertiary alicyclic amines) is 1. The van der Waals surface area contributed by atoms with Crippen LogP contribution in [0.5, 0.6) is 0 Å². The lowest BCUT2D eigenvalue weighted by atomic mass is 9.88. The first kappa shape index (κ1) is 14.6. The van der Waals surface area contributed by atoms with Crippen LogP contribution in [0.25, 0.3) is 5.65 Å². The number of imidazole rings is 1. The maximum Gasteiger partial charge on any atom is 0.260 e. The molecule has 2 aromatic heterocycles. The van der Waals surface area contributed by atoms with Crippen LogP contribution in [-0.2, 0) is 14.8 Å². The second-order valence-electron chi connectivity index (χ2n) is 6.26. The Morgan fingerprint density at radius 2 is 2.09 bits per heavy atom. The molecule has 0 saturated carbocycles. The minimum absolute atomic E-state index is 0.0529. The van der Waals surface area contributed by atoms with E-state index in [1.165, 1.54) is 10.5 Å². The van der Waals surface area contributed by atoms with Gasteiger partial charge in [-0.25, -0.2) is 13.4 Å². The van der Waals surface area contributed by atoms with Gasteiger partial charge in [0.15, 0.2) is 5.03 Å². The van der Waals surface area contributed by atoms with E-state index in [9.17, 15) is 13.2 Å². The lowest BCUT2D eigenvalue weighted by Gasteiger charge is -2.30. The van der Waals surface area contributed by atoms with Crippen LogP contribution in [0.4, 0.5) is 0 Å². The highest BCUT2D eigenvalue weighted by atomic mass is 32.2. The van der Waals surface area contributed by atoms with Crippen LogP contribution in [0.2, 0.25) is 0 Å². The highest BCUT2D eigenvalue weighted by Crippen LogP contribution is 2.34. The molecule has 122 valence electrons. The molecule has 2 aliphatic rings. The summed E-state index contributed by atoms with van der Waals surface area (Å²) < 4.78 is 29.0. The number of carbonyl (C=O) groups excluding carboxylic acids is 1. The van der Waals surface area contributed by atoms with E-state index in [1.54, 1.807) is 34.7 Å². The predicted octanol–water partition coefficient (Wildman–Crippen LogP) is 0.433. The molecule has 0 radical (unpaired) electrons. The molecule has 4 rings (SSSR count). The largest absolute Gasteiger partial charge is 0.345 e. The van der Waals surface area contributed by atoms with Crippen LogP contribution in [0.15, 0.2) is 35.6 Å². The van der Waals surface area contributed by atoms with Gasteiger partial charge in [-0.2, -0.15) is 4.31 Å². The Hall–Kier alpha value is -1.93. The second-order valence-corrected chi connectivity index (χ2v) is 8.15. The van der Waals surface area contributed by atoms with E-state index < -0.39 is 10.0 Å². The Morgan fingerprint density at radius 1 is 1.26 bits per heavy atom. The molecule has 0 N–H and O–H groups in total. The number of amides is 1. The first-order valence-electron chi connectivity index (χ1n) is 7.65. The fraction of sp³-hybridized carbons (Fsp3) is 0.467. The summed E-state index contributed by atoms with van der Waals surface area (Å²) in [5.74, 6) is -0.0486. The van der Waals surface area contributed by atoms with E-state index in [-0.39, 0.29) is 29.3 Å². The first-order valence-corrected chi connectivity index (χ1v) is 9.10. The topological polar surface area (TPSA) is 75.0 Å². The van der Waals surface area contributed by atoms with Crippen molar-refractivity contribution in [2.75, 3.05) is 26.7 Å². The van der Waals surface area contributed by atoms with Crippen LogP contribution in [0.1, 0.15) is 6.42 Å². The molecule has 2 aromatic rings. The average molecular weight is 334 g/mol. The van der Waals surface area contributed by atoms with Crippen LogP contribution in [0.3, 0.4) is 0 Å². The number of hydrogen-bond acceptors (Lipinski definition) is 4. The summed E-state index contributed by atoms with van der Waals surface area (Å²) in [6, 6.07) is 5.36. The molecule has 0 bridgehead atoms. The number of fused-ring (bicyclic) bond motifs is 2. The molecule has 2 saturated heterocycles. The van der Waals surface area contributed by atoms with Crippen molar-refractivity contribution in [2.24, 2.45) is 11.8 Å². The summed E-state index contributed by atoms with van der Waals surface area (Å²) in [7, 11) is -1.88. The van der Waals surface area contributed by atoms with Crippen molar-refractivity contribution in [3.05, 3.63) is 30.6 Å². The van der Waals surface area contributed by atoms with E-state index >= 15 is 0 Å². The number of sulfonamides is 1. The highest BCUT2D eigenvalue weighted by molar-refractivity contribution is 7.89. The smallest absolute Gasteiger partial charge is 0.260 e. The molecule has 0 aromatic carbocycles. The number of carbonyl (C=O) groups is 1. The summed E-state index contributed by atoms with van der Waals surface area (Å²) in [6.45, 7) is 1.37. The zero-order chi connectivity index (χ0) is 16.2. The lowest BCUT2D eigenvalue weighted by Crippen LogP contribution is -2.42. The third-order valence-corrected chi connectivity index (χ3v) is 6.73. The van der Waals surface area contributed by atoms with E-state index in [4.69, 9.17) is 0 Å². The minimum Gasteiger partial charge on any atom is -0.345 e. The van der Waals surface area contributed by atoms with Crippen molar-refractivity contribution in [3.63, 3.8) is 0 Å². The number of hydrogen-bond donors (Lipinski definition) is 0. The SMILES string of the molecule is CN1CC[C@@H]2CN(S(=O)(=O)c3cnc4ccccn34)C[C@@H]2C1=O. The lowest BCUT2D eigenvalue weighted by molar-refractivity contribution is -0.137. The zero-order valence-corrected chi connectivity index (χ0v) is 13.6. The van der Waals surface area contributed by atoms with E-state index in [2.05, 4.69) is 4.98 Å². The Morgan fingerprint density at radius 3 is 2.91 bits per heavy atom. The molecule has 7 nitrogen and oxygen atoms in total. The summed E-state index contributed by atoms with van der Waals surface area (Å²) >= 11 is 0. The van der Waals surface area contributed by atoms with E-state index in [0.29, 0.717) is 18.7 Å². The average Bonchev–Trinajstić information content (AvgIpc) is 3.16. The molecule has 2 fully saturated rings. The molecule has 4 heterocycles. The van der Waals surface area contributed by atoms with Gasteiger partial charge in [0.2, 0.25) is 5.91 Å². The third-order valence-electron chi connectivity index (χ3n) is 4.92. The molecule has 0 unspecified atom stereocenters. The van der Waals surface area contributed by atoms with E-state index in [1.807, 2.05) is 6.07 Å². The fourth-order valence-electron chi connectivity index (χ4n) is 3.59. The van der Waals surface area contributed by atoms with Gasteiger partial charge in [0.25, 0.3) is 10.0 Å². The number of aromatic nitrogens is 2. The predicted molar refractivity (Wildman–Crippen MR) is 83.2 cm³/mol. The van der Waals surface area contributed by atoms with Crippen LogP contribution >= 0.6 is 0 Å². The maximum atomic E-state index is 13.0. The van der Waals surface area contributed by atoms with Crippen LogP contribution in [0, 0.1) is 11.8 Å². The molecule has 2 aliphatic heterocycles. The van der Waals surface area contributed by atoms with Crippen molar-refractivity contribution in [3.8, 4) is 0 Å². The quantitative estimate of drug-likeness (QED) is 0.798. The normalized spacial score (nSPS) is 26.0. The van der Waals surface area contributed by atoms with Crippen LogP contribution in [-0.4, -0.2) is 59.6 Å². The maximum absolute atomic E-state index is 13.0. The number of piperidine rings is 1. The molecular weight excluding hydrogens is 316 g/mol. The summed E-state index contributed by atoms with van der Waals surface area (Å²) in [4.78, 5) is 18.1. The van der Waals surface area contributed by atoms with Gasteiger partial charge in [0, 0.05) is 32.9 Å². The zero-order valence-electron chi connectivity index (χ0n) is 12.8. The Labute approximate surface area is 134 Å². The highest BCUT2D eigenvalue weighted by Gasteiger charge is 2.46. The van der Waals surface area contributed by atoms with E-state index in [0.717, 1.165) is 6.42 Å². The van der Waals surface area contributed by atoms with Crippen molar-refractivity contribution in [2.45, 2.75) is 11.4 Å². The first-order chi connectivity index (χ1) is 11.0. The van der Waals surface area contributed by atoms with Gasteiger partial charge in [0.1, 0.15) is 5.65 Å². The fourth-order valence-corrected chi connectivity index (χ4v) is 5.18. The Kier molecular flexibility index (Phi) is 3.21. The number of pyridine rings is 1. The van der Waals surface area contributed by atoms with Gasteiger partial charge in [-0.15, -0.1) is 0 Å². The summed E-state index contributed by atoms with van der Waals surface area (Å²) in [6.07, 6.45) is 3.93. The van der Waals surface area contributed by atoms with Gasteiger partial charge < -0.3 is 4.90 Å². The monoisotopic (exact) mass is 334 g/mol. The van der Waals surface area contributed by atoms with Gasteiger partial charge in [-0.3, -0.25) is 9.20 Å². The van der Waals surface area contributed by atoms with Gasteiger partial charge in [-0.1, -0.05) is 6.07 Å².